The Labute approximate surface area is 272 Å². The molecule has 11 heteroatoms. The fraction of sp³-hybridized carbons (Fsp3) is 0.278. The molecule has 5 N–H and O–H groups in total. The number of H-pyrrole nitrogens is 1. The standard InChI is InChI=1S/C36H39FN6O4/c1-6-21-16-27(31(37)29(17-21)46-7-2)32(42-23-12-13-24-22(18-23)14-15-39-33(24)38)34-40-19-28(43-34)25-10-8-9-11-26(25)35(45)41-20-30(44)47-36(3,4)5/h8-19,32,42H,6-7,20H2,1-5H3,(H2,38,39)(H,40,43)(H,41,45). The first-order valence-electron chi connectivity index (χ1n) is 15.5. The van der Waals surface area contributed by atoms with Crippen molar-refractivity contribution in [2.75, 3.05) is 24.2 Å². The average Bonchev–Trinajstić information content (AvgIpc) is 3.53. The fourth-order valence-electron chi connectivity index (χ4n) is 5.26. The van der Waals surface area contributed by atoms with Gasteiger partial charge in [0.1, 0.15) is 29.8 Å². The van der Waals surface area contributed by atoms with Gasteiger partial charge in [-0.1, -0.05) is 31.2 Å². The molecular formula is C36H39FN6O4. The topological polar surface area (TPSA) is 144 Å². The van der Waals surface area contributed by atoms with Crippen LogP contribution in [0.1, 0.15) is 68.0 Å². The van der Waals surface area contributed by atoms with Gasteiger partial charge >= 0.3 is 5.97 Å². The van der Waals surface area contributed by atoms with Crippen molar-refractivity contribution in [3.63, 3.8) is 0 Å². The van der Waals surface area contributed by atoms with E-state index in [2.05, 4.69) is 20.6 Å². The van der Waals surface area contributed by atoms with Gasteiger partial charge in [0.2, 0.25) is 0 Å². The number of aromatic nitrogens is 3. The molecule has 3 aromatic carbocycles. The maximum absolute atomic E-state index is 16.2. The van der Waals surface area contributed by atoms with Gasteiger partial charge in [0, 0.05) is 40.2 Å². The molecule has 0 fully saturated rings. The Kier molecular flexibility index (Phi) is 9.74. The number of anilines is 2. The summed E-state index contributed by atoms with van der Waals surface area (Å²) in [7, 11) is 0. The van der Waals surface area contributed by atoms with Crippen molar-refractivity contribution in [2.45, 2.75) is 52.7 Å². The molecule has 0 aliphatic carbocycles. The molecule has 0 aliphatic heterocycles. The second-order valence-corrected chi connectivity index (χ2v) is 12.0. The van der Waals surface area contributed by atoms with Crippen LogP contribution in [0.4, 0.5) is 15.9 Å². The molecule has 0 aliphatic rings. The molecule has 1 amide bonds. The van der Waals surface area contributed by atoms with E-state index >= 15 is 4.39 Å². The van der Waals surface area contributed by atoms with Gasteiger partial charge in [0.15, 0.2) is 11.6 Å². The SMILES string of the molecule is CCOc1cc(CC)cc(C(Nc2ccc3c(N)nccc3c2)c2nc(-c3ccccc3C(=O)NCC(=O)OC(C)(C)C)c[nH]2)c1F. The lowest BCUT2D eigenvalue weighted by Crippen LogP contribution is -2.34. The molecule has 2 aromatic heterocycles. The highest BCUT2D eigenvalue weighted by atomic mass is 19.1. The van der Waals surface area contributed by atoms with Crippen molar-refractivity contribution >= 4 is 34.2 Å². The molecule has 2 heterocycles. The van der Waals surface area contributed by atoms with E-state index in [1.54, 1.807) is 69.6 Å². The first-order valence-corrected chi connectivity index (χ1v) is 15.5. The first kappa shape index (κ1) is 32.9. The van der Waals surface area contributed by atoms with Gasteiger partial charge in [-0.25, -0.2) is 14.4 Å². The highest BCUT2D eigenvalue weighted by molar-refractivity contribution is 6.01. The van der Waals surface area contributed by atoms with Gasteiger partial charge in [0.25, 0.3) is 5.91 Å². The summed E-state index contributed by atoms with van der Waals surface area (Å²) in [6.07, 6.45) is 3.97. The molecule has 0 spiro atoms. The van der Waals surface area contributed by atoms with Crippen LogP contribution in [0.15, 0.2) is 73.1 Å². The Hall–Kier alpha value is -5.45. The number of imidazole rings is 1. The summed E-state index contributed by atoms with van der Waals surface area (Å²) >= 11 is 0. The van der Waals surface area contributed by atoms with Crippen molar-refractivity contribution in [2.24, 2.45) is 0 Å². The minimum Gasteiger partial charge on any atom is -0.491 e. The average molecular weight is 639 g/mol. The minimum absolute atomic E-state index is 0.157. The number of nitrogen functional groups attached to an aromatic ring is 1. The van der Waals surface area contributed by atoms with E-state index in [0.717, 1.165) is 16.3 Å². The largest absolute Gasteiger partial charge is 0.491 e. The number of nitrogens with zero attached hydrogens (tertiary/aromatic N) is 2. The van der Waals surface area contributed by atoms with Crippen LogP contribution < -0.4 is 21.1 Å². The summed E-state index contributed by atoms with van der Waals surface area (Å²) in [5.41, 5.74) is 8.65. The second-order valence-electron chi connectivity index (χ2n) is 12.0. The number of ether oxygens (including phenoxy) is 2. The summed E-state index contributed by atoms with van der Waals surface area (Å²) in [5, 5.41) is 7.76. The molecule has 10 nitrogen and oxygen atoms in total. The van der Waals surface area contributed by atoms with Gasteiger partial charge in [-0.3, -0.25) is 9.59 Å². The van der Waals surface area contributed by atoms with Crippen LogP contribution in [-0.4, -0.2) is 45.6 Å². The Morgan fingerprint density at radius 3 is 2.60 bits per heavy atom. The summed E-state index contributed by atoms with van der Waals surface area (Å²) in [6.45, 7) is 9.10. The molecule has 0 radical (unpaired) electrons. The highest BCUT2D eigenvalue weighted by Gasteiger charge is 2.26. The quantitative estimate of drug-likeness (QED) is 0.119. The van der Waals surface area contributed by atoms with Crippen LogP contribution in [0, 0.1) is 5.82 Å². The van der Waals surface area contributed by atoms with Crippen molar-refractivity contribution in [1.82, 2.24) is 20.3 Å². The minimum atomic E-state index is -0.778. The molecular weight excluding hydrogens is 599 g/mol. The zero-order valence-electron chi connectivity index (χ0n) is 27.1. The molecule has 0 saturated heterocycles. The number of carbonyl (C=O) groups is 2. The van der Waals surface area contributed by atoms with Gasteiger partial charge in [-0.05, 0) is 81.5 Å². The fourth-order valence-corrected chi connectivity index (χ4v) is 5.26. The number of amides is 1. The number of halogens is 1. The summed E-state index contributed by atoms with van der Waals surface area (Å²) < 4.78 is 27.1. The molecule has 5 rings (SSSR count). The summed E-state index contributed by atoms with van der Waals surface area (Å²) in [5.74, 6) is -0.528. The van der Waals surface area contributed by atoms with Crippen LogP contribution in [0.5, 0.6) is 5.75 Å². The van der Waals surface area contributed by atoms with Crippen LogP contribution >= 0.6 is 0 Å². The maximum atomic E-state index is 16.2. The Balaban J connectivity index is 1.53. The number of rotatable bonds is 11. The third-order valence-electron chi connectivity index (χ3n) is 7.38. The zero-order valence-corrected chi connectivity index (χ0v) is 27.1. The van der Waals surface area contributed by atoms with Gasteiger partial charge in [-0.2, -0.15) is 0 Å². The number of hydrogen-bond acceptors (Lipinski definition) is 8. The van der Waals surface area contributed by atoms with Gasteiger partial charge in [0.05, 0.1) is 12.3 Å². The first-order chi connectivity index (χ1) is 22.5. The summed E-state index contributed by atoms with van der Waals surface area (Å²) in [4.78, 5) is 37.7. The van der Waals surface area contributed by atoms with E-state index in [-0.39, 0.29) is 12.3 Å². The predicted octanol–water partition coefficient (Wildman–Crippen LogP) is 6.58. The molecule has 0 bridgehead atoms. The number of nitrogens with one attached hydrogen (secondary N) is 3. The van der Waals surface area contributed by atoms with E-state index in [0.29, 0.717) is 52.7 Å². The number of pyridine rings is 1. The lowest BCUT2D eigenvalue weighted by molar-refractivity contribution is -0.153. The molecule has 1 atom stereocenters. The molecule has 1 unspecified atom stereocenters. The van der Waals surface area contributed by atoms with Gasteiger partial charge < -0.3 is 30.8 Å². The molecule has 5 aromatic rings. The van der Waals surface area contributed by atoms with E-state index in [9.17, 15) is 9.59 Å². The lowest BCUT2D eigenvalue weighted by Gasteiger charge is -2.22. The number of nitrogens with two attached hydrogens (primary N) is 1. The number of aromatic amines is 1. The number of hydrogen-bond donors (Lipinski definition) is 4. The number of aryl methyl sites for hydroxylation is 1. The van der Waals surface area contributed by atoms with Gasteiger partial charge in [-0.15, -0.1) is 0 Å². The third kappa shape index (κ3) is 7.69. The van der Waals surface area contributed by atoms with E-state index in [4.69, 9.17) is 20.2 Å². The van der Waals surface area contributed by atoms with E-state index in [1.807, 2.05) is 38.1 Å². The van der Waals surface area contributed by atoms with Crippen molar-refractivity contribution < 1.29 is 23.5 Å². The van der Waals surface area contributed by atoms with Crippen molar-refractivity contribution in [1.29, 1.82) is 0 Å². The highest BCUT2D eigenvalue weighted by Crippen LogP contribution is 2.35. The Bertz CT molecular complexity index is 1920. The van der Waals surface area contributed by atoms with Crippen LogP contribution in [-0.2, 0) is 16.0 Å². The normalized spacial score (nSPS) is 12.0. The van der Waals surface area contributed by atoms with Crippen LogP contribution in [0.3, 0.4) is 0 Å². The molecule has 244 valence electrons. The van der Waals surface area contributed by atoms with E-state index in [1.165, 1.54) is 0 Å². The Morgan fingerprint density at radius 2 is 1.85 bits per heavy atom. The smallest absolute Gasteiger partial charge is 0.325 e. The van der Waals surface area contributed by atoms with Crippen molar-refractivity contribution in [3.05, 3.63) is 101 Å². The second kappa shape index (κ2) is 13.9. The van der Waals surface area contributed by atoms with Crippen LogP contribution in [0.2, 0.25) is 0 Å². The van der Waals surface area contributed by atoms with Crippen LogP contribution in [0.25, 0.3) is 22.0 Å². The number of benzene rings is 3. The monoisotopic (exact) mass is 638 g/mol. The molecule has 47 heavy (non-hydrogen) atoms. The molecule has 0 saturated carbocycles. The predicted molar refractivity (Wildman–Crippen MR) is 181 cm³/mol. The number of fused-ring (bicyclic) bond motifs is 1. The van der Waals surface area contributed by atoms with E-state index < -0.39 is 29.3 Å². The number of esters is 1. The lowest BCUT2D eigenvalue weighted by atomic mass is 9.99. The number of carbonyl (C=O) groups excluding carboxylic acids is 2. The zero-order chi connectivity index (χ0) is 33.7. The summed E-state index contributed by atoms with van der Waals surface area (Å²) in [6, 6.07) is 17.2. The maximum Gasteiger partial charge on any atom is 0.325 e. The third-order valence-corrected chi connectivity index (χ3v) is 7.38. The Morgan fingerprint density at radius 1 is 1.06 bits per heavy atom. The van der Waals surface area contributed by atoms with Crippen molar-refractivity contribution in [3.8, 4) is 17.0 Å².